The zero-order valence-corrected chi connectivity index (χ0v) is 5.24. The molecule has 0 spiro atoms. The standard InChI is InChI=1S/C6H10FN/c1-3-6(7)5-8-4-2/h3-4H2,1-2H3. The highest BCUT2D eigenvalue weighted by Gasteiger charge is 1.81. The van der Waals surface area contributed by atoms with E-state index < -0.39 is 0 Å². The van der Waals surface area contributed by atoms with Gasteiger partial charge in [0, 0.05) is 18.8 Å². The van der Waals surface area contributed by atoms with Crippen LogP contribution in [0.4, 0.5) is 4.39 Å². The number of rotatable bonds is 2. The van der Waals surface area contributed by atoms with Crippen molar-refractivity contribution in [1.29, 1.82) is 0 Å². The third kappa shape index (κ3) is 3.57. The van der Waals surface area contributed by atoms with Gasteiger partial charge in [-0.3, -0.25) is 0 Å². The SMILES string of the molecule is CCN=C=C(F)CC. The fourth-order valence-electron chi connectivity index (χ4n) is 0.244. The van der Waals surface area contributed by atoms with E-state index in [0.29, 0.717) is 13.0 Å². The van der Waals surface area contributed by atoms with E-state index in [2.05, 4.69) is 10.9 Å². The highest BCUT2D eigenvalue weighted by molar-refractivity contribution is 5.54. The number of halogens is 1. The van der Waals surface area contributed by atoms with Crippen LogP contribution >= 0.6 is 0 Å². The normalized spacial score (nSPS) is 7.88. The first-order chi connectivity index (χ1) is 3.81. The lowest BCUT2D eigenvalue weighted by Gasteiger charge is -1.77. The Morgan fingerprint density at radius 3 is 2.62 bits per heavy atom. The smallest absolute Gasteiger partial charge is 0.160 e. The van der Waals surface area contributed by atoms with Crippen LogP contribution in [0.25, 0.3) is 0 Å². The zero-order valence-electron chi connectivity index (χ0n) is 5.24. The lowest BCUT2D eigenvalue weighted by atomic mass is 10.4. The molecule has 0 atom stereocenters. The number of allylic oxidation sites excluding steroid dienone is 1. The average Bonchev–Trinajstić information content (AvgIpc) is 1.83. The van der Waals surface area contributed by atoms with E-state index >= 15 is 0 Å². The summed E-state index contributed by atoms with van der Waals surface area (Å²) in [7, 11) is 0. The quantitative estimate of drug-likeness (QED) is 0.488. The summed E-state index contributed by atoms with van der Waals surface area (Å²) in [5.74, 6) is 1.99. The lowest BCUT2D eigenvalue weighted by Crippen LogP contribution is -1.70. The number of aliphatic imine (C=N–C) groups is 1. The van der Waals surface area contributed by atoms with E-state index in [1.807, 2.05) is 6.92 Å². The van der Waals surface area contributed by atoms with Crippen molar-refractivity contribution in [2.24, 2.45) is 4.99 Å². The molecule has 0 saturated carbocycles. The van der Waals surface area contributed by atoms with Crippen LogP contribution in [-0.4, -0.2) is 12.4 Å². The molecule has 0 radical (unpaired) electrons. The summed E-state index contributed by atoms with van der Waals surface area (Å²) < 4.78 is 12.0. The van der Waals surface area contributed by atoms with Gasteiger partial charge in [-0.2, -0.15) is 0 Å². The first-order valence-corrected chi connectivity index (χ1v) is 2.75. The molecule has 2 heteroatoms. The molecule has 0 rings (SSSR count). The first kappa shape index (κ1) is 7.38. The highest BCUT2D eigenvalue weighted by atomic mass is 19.1. The van der Waals surface area contributed by atoms with E-state index in [9.17, 15) is 4.39 Å². The summed E-state index contributed by atoms with van der Waals surface area (Å²) >= 11 is 0. The molecule has 0 aromatic rings. The Hall–Kier alpha value is -0.620. The summed E-state index contributed by atoms with van der Waals surface area (Å²) in [6.45, 7) is 4.18. The van der Waals surface area contributed by atoms with Crippen molar-refractivity contribution in [2.75, 3.05) is 6.54 Å². The maximum Gasteiger partial charge on any atom is 0.160 e. The Morgan fingerprint density at radius 2 is 2.25 bits per heavy atom. The average molecular weight is 115 g/mol. The molecule has 0 unspecified atom stereocenters. The summed E-state index contributed by atoms with van der Waals surface area (Å²) in [5, 5.41) is 0. The topological polar surface area (TPSA) is 12.4 Å². The van der Waals surface area contributed by atoms with Gasteiger partial charge in [0.25, 0.3) is 0 Å². The molecule has 0 aliphatic carbocycles. The van der Waals surface area contributed by atoms with Crippen molar-refractivity contribution in [1.82, 2.24) is 0 Å². The van der Waals surface area contributed by atoms with Gasteiger partial charge in [-0.25, -0.2) is 9.38 Å². The molecule has 0 N–H and O–H groups in total. The Labute approximate surface area is 48.9 Å². The first-order valence-electron chi connectivity index (χ1n) is 2.75. The molecule has 0 amide bonds. The molecule has 0 bridgehead atoms. The second-order valence-corrected chi connectivity index (χ2v) is 1.34. The van der Waals surface area contributed by atoms with Crippen molar-refractivity contribution in [2.45, 2.75) is 20.3 Å². The summed E-state index contributed by atoms with van der Waals surface area (Å²) in [6, 6.07) is 0. The molecule has 1 nitrogen and oxygen atoms in total. The van der Waals surface area contributed by atoms with Gasteiger partial charge in [0.1, 0.15) is 0 Å². The van der Waals surface area contributed by atoms with Crippen molar-refractivity contribution < 1.29 is 4.39 Å². The molecular formula is C6H10FN. The van der Waals surface area contributed by atoms with Gasteiger partial charge in [0.2, 0.25) is 0 Å². The molecule has 0 aromatic heterocycles. The molecule has 0 fully saturated rings. The summed E-state index contributed by atoms with van der Waals surface area (Å²) in [5.41, 5.74) is 0. The van der Waals surface area contributed by atoms with E-state index in [1.165, 1.54) is 0 Å². The van der Waals surface area contributed by atoms with Crippen LogP contribution < -0.4 is 0 Å². The van der Waals surface area contributed by atoms with Crippen molar-refractivity contribution >= 4 is 5.87 Å². The van der Waals surface area contributed by atoms with Crippen molar-refractivity contribution in [3.05, 3.63) is 5.83 Å². The lowest BCUT2D eigenvalue weighted by molar-refractivity contribution is 0.617. The second kappa shape index (κ2) is 4.54. The van der Waals surface area contributed by atoms with Crippen LogP contribution in [0.15, 0.2) is 10.8 Å². The minimum absolute atomic E-state index is 0.271. The monoisotopic (exact) mass is 115 g/mol. The predicted octanol–water partition coefficient (Wildman–Crippen LogP) is 1.94. The largest absolute Gasteiger partial charge is 0.241 e. The van der Waals surface area contributed by atoms with E-state index in [1.54, 1.807) is 6.92 Å². The van der Waals surface area contributed by atoms with Gasteiger partial charge in [0.15, 0.2) is 5.83 Å². The highest BCUT2D eigenvalue weighted by Crippen LogP contribution is 1.93. The van der Waals surface area contributed by atoms with Crippen LogP contribution in [0.2, 0.25) is 0 Å². The van der Waals surface area contributed by atoms with Crippen molar-refractivity contribution in [3.8, 4) is 0 Å². The van der Waals surface area contributed by atoms with E-state index in [0.717, 1.165) is 0 Å². The van der Waals surface area contributed by atoms with Crippen LogP contribution in [0.1, 0.15) is 20.3 Å². The van der Waals surface area contributed by atoms with Crippen molar-refractivity contribution in [3.63, 3.8) is 0 Å². The fraction of sp³-hybridized carbons (Fsp3) is 0.667. The molecular weight excluding hydrogens is 105 g/mol. The third-order valence-electron chi connectivity index (χ3n) is 0.669. The number of nitrogens with zero attached hydrogens (tertiary/aromatic N) is 1. The molecule has 0 aliphatic heterocycles. The second-order valence-electron chi connectivity index (χ2n) is 1.34. The summed E-state index contributed by atoms with van der Waals surface area (Å²) in [6.07, 6.45) is 0.392. The molecule has 8 heavy (non-hydrogen) atoms. The van der Waals surface area contributed by atoms with E-state index in [-0.39, 0.29) is 5.83 Å². The molecule has 0 aromatic carbocycles. The maximum atomic E-state index is 12.0. The Kier molecular flexibility index (Phi) is 4.19. The number of hydrogen-bond acceptors (Lipinski definition) is 1. The Morgan fingerprint density at radius 1 is 1.62 bits per heavy atom. The van der Waals surface area contributed by atoms with Gasteiger partial charge < -0.3 is 0 Å². The predicted molar refractivity (Wildman–Crippen MR) is 32.9 cm³/mol. The summed E-state index contributed by atoms with van der Waals surface area (Å²) in [4.78, 5) is 3.58. The van der Waals surface area contributed by atoms with Crippen LogP contribution in [0, 0.1) is 0 Å². The fourth-order valence-corrected chi connectivity index (χ4v) is 0.244. The minimum atomic E-state index is -0.271. The molecule has 46 valence electrons. The van der Waals surface area contributed by atoms with Gasteiger partial charge in [-0.1, -0.05) is 6.92 Å². The van der Waals surface area contributed by atoms with Gasteiger partial charge in [0.05, 0.1) is 0 Å². The zero-order chi connectivity index (χ0) is 6.41. The van der Waals surface area contributed by atoms with Gasteiger partial charge >= 0.3 is 0 Å². The molecule has 0 heterocycles. The van der Waals surface area contributed by atoms with Crippen LogP contribution in [-0.2, 0) is 0 Å². The van der Waals surface area contributed by atoms with E-state index in [4.69, 9.17) is 0 Å². The minimum Gasteiger partial charge on any atom is -0.241 e. The van der Waals surface area contributed by atoms with Crippen LogP contribution in [0.3, 0.4) is 0 Å². The Balaban J connectivity index is 3.72. The Bertz CT molecular complexity index is 112. The maximum absolute atomic E-state index is 12.0. The molecule has 0 saturated heterocycles. The molecule has 0 aliphatic rings. The van der Waals surface area contributed by atoms with Crippen LogP contribution in [0.5, 0.6) is 0 Å². The van der Waals surface area contributed by atoms with Gasteiger partial charge in [-0.15, -0.1) is 0 Å². The number of hydrogen-bond donors (Lipinski definition) is 0. The third-order valence-corrected chi connectivity index (χ3v) is 0.669. The van der Waals surface area contributed by atoms with Gasteiger partial charge in [-0.05, 0) is 6.92 Å².